The van der Waals surface area contributed by atoms with Crippen LogP contribution >= 0.6 is 34.5 Å². The topological polar surface area (TPSA) is 90.4 Å². The molecule has 1 amide bonds. The quantitative estimate of drug-likeness (QED) is 0.288. The van der Waals surface area contributed by atoms with Crippen molar-refractivity contribution in [2.75, 3.05) is 0 Å². The van der Waals surface area contributed by atoms with E-state index in [9.17, 15) is 9.90 Å². The number of thiophene rings is 1. The number of aromatic hydroxyl groups is 1. The minimum atomic E-state index is -0.361. The molecule has 0 atom stereocenters. The number of benzene rings is 2. The maximum absolute atomic E-state index is 12.4. The molecule has 2 aromatic heterocycles. The number of rotatable bonds is 4. The number of nitrogens with one attached hydrogen (secondary N) is 2. The normalized spacial score (nSPS) is 11.8. The lowest BCUT2D eigenvalue weighted by Gasteiger charge is -2.04. The molecule has 0 aliphatic carbocycles. The summed E-state index contributed by atoms with van der Waals surface area (Å²) < 4.78 is 0. The van der Waals surface area contributed by atoms with Crippen LogP contribution in [0.5, 0.6) is 5.75 Å². The number of carbonyl (C=O) groups excluding carboxylic acids is 1. The van der Waals surface area contributed by atoms with Crippen LogP contribution in [0.3, 0.4) is 0 Å². The van der Waals surface area contributed by atoms with E-state index in [0.717, 1.165) is 16.6 Å². The van der Waals surface area contributed by atoms with Crippen LogP contribution in [0.15, 0.2) is 53.2 Å². The number of hydrogen-bond acceptors (Lipinski definition) is 5. The molecule has 0 aliphatic rings. The van der Waals surface area contributed by atoms with Crippen molar-refractivity contribution < 1.29 is 9.90 Å². The van der Waals surface area contributed by atoms with Crippen LogP contribution in [0, 0.1) is 0 Å². The van der Waals surface area contributed by atoms with E-state index in [-0.39, 0.29) is 11.7 Å². The van der Waals surface area contributed by atoms with Crippen molar-refractivity contribution in [2.45, 2.75) is 6.92 Å². The maximum Gasteiger partial charge on any atom is 0.271 e. The Morgan fingerprint density at radius 1 is 1.21 bits per heavy atom. The molecular weight excluding hydrogens is 431 g/mol. The molecule has 2 heterocycles. The largest absolute Gasteiger partial charge is 0.506 e. The zero-order valence-corrected chi connectivity index (χ0v) is 17.4. The number of carbonyl (C=O) groups is 1. The van der Waals surface area contributed by atoms with Crippen molar-refractivity contribution in [2.24, 2.45) is 5.10 Å². The lowest BCUT2D eigenvalue weighted by Crippen LogP contribution is -2.19. The minimum Gasteiger partial charge on any atom is -0.506 e. The molecule has 0 aliphatic heterocycles. The van der Waals surface area contributed by atoms with Gasteiger partial charge in [-0.05, 0) is 42.8 Å². The summed E-state index contributed by atoms with van der Waals surface area (Å²) in [5.74, 6) is -0.289. The first-order chi connectivity index (χ1) is 13.9. The Kier molecular flexibility index (Phi) is 5.27. The van der Waals surface area contributed by atoms with Crippen molar-refractivity contribution in [1.82, 2.24) is 15.4 Å². The van der Waals surface area contributed by atoms with Gasteiger partial charge in [0.15, 0.2) is 0 Å². The summed E-state index contributed by atoms with van der Waals surface area (Å²) in [6, 6.07) is 10.3. The Balaban J connectivity index is 1.55. The van der Waals surface area contributed by atoms with Gasteiger partial charge in [-0.15, -0.1) is 11.3 Å². The molecule has 146 valence electrons. The van der Waals surface area contributed by atoms with Gasteiger partial charge in [0.25, 0.3) is 5.91 Å². The van der Waals surface area contributed by atoms with E-state index in [1.54, 1.807) is 55.0 Å². The molecule has 6 nitrogen and oxygen atoms in total. The average molecular weight is 445 g/mol. The molecule has 4 rings (SSSR count). The molecule has 29 heavy (non-hydrogen) atoms. The molecule has 3 N–H and O–H groups in total. The third-order valence-corrected chi connectivity index (χ3v) is 6.10. The van der Waals surface area contributed by atoms with E-state index in [4.69, 9.17) is 23.2 Å². The molecule has 4 aromatic rings. The fraction of sp³-hybridized carbons (Fsp3) is 0.0500. The standard InChI is InChI=1S/C20H14Cl2N4O2S/c1-10(25-26-20(28)12-3-5-16-17(7-12)24-9-23-16)13-8-29-19(18(13)27)11-2-4-14(21)15(22)6-11/h2-9,27H,1H3,(H,23,24)(H,26,28). The van der Waals surface area contributed by atoms with E-state index in [2.05, 4.69) is 20.5 Å². The first-order valence-electron chi connectivity index (χ1n) is 8.48. The molecular formula is C20H14Cl2N4O2S. The average Bonchev–Trinajstić information content (AvgIpc) is 3.34. The van der Waals surface area contributed by atoms with Gasteiger partial charge in [0.05, 0.1) is 43.6 Å². The van der Waals surface area contributed by atoms with E-state index in [0.29, 0.717) is 31.8 Å². The first kappa shape index (κ1) is 19.4. The smallest absolute Gasteiger partial charge is 0.271 e. The summed E-state index contributed by atoms with van der Waals surface area (Å²) >= 11 is 13.4. The van der Waals surface area contributed by atoms with E-state index in [1.165, 1.54) is 11.3 Å². The van der Waals surface area contributed by atoms with Gasteiger partial charge < -0.3 is 10.1 Å². The van der Waals surface area contributed by atoms with Gasteiger partial charge >= 0.3 is 0 Å². The number of amides is 1. The van der Waals surface area contributed by atoms with Gasteiger partial charge in [0.1, 0.15) is 5.75 Å². The van der Waals surface area contributed by atoms with Gasteiger partial charge in [-0.3, -0.25) is 4.79 Å². The summed E-state index contributed by atoms with van der Waals surface area (Å²) in [6.07, 6.45) is 1.57. The van der Waals surface area contributed by atoms with E-state index in [1.807, 2.05) is 0 Å². The van der Waals surface area contributed by atoms with Crippen molar-refractivity contribution in [1.29, 1.82) is 0 Å². The second-order valence-corrected chi connectivity index (χ2v) is 7.92. The van der Waals surface area contributed by atoms with E-state index >= 15 is 0 Å². The van der Waals surface area contributed by atoms with Gasteiger partial charge in [-0.2, -0.15) is 5.10 Å². The Morgan fingerprint density at radius 3 is 2.83 bits per heavy atom. The predicted octanol–water partition coefficient (Wildman–Crippen LogP) is 5.46. The highest BCUT2D eigenvalue weighted by Crippen LogP contribution is 2.40. The van der Waals surface area contributed by atoms with Crippen LogP contribution in [0.4, 0.5) is 0 Å². The molecule has 0 bridgehead atoms. The molecule has 0 unspecified atom stereocenters. The summed E-state index contributed by atoms with van der Waals surface area (Å²) in [5, 5.41) is 17.4. The van der Waals surface area contributed by atoms with Crippen molar-refractivity contribution >= 4 is 57.2 Å². The highest BCUT2D eigenvalue weighted by atomic mass is 35.5. The SMILES string of the molecule is CC(=NNC(=O)c1ccc2nc[nH]c2c1)c1csc(-c2ccc(Cl)c(Cl)c2)c1O. The fourth-order valence-corrected chi connectivity index (χ4v) is 4.09. The third kappa shape index (κ3) is 3.85. The van der Waals surface area contributed by atoms with Gasteiger partial charge in [-0.1, -0.05) is 29.3 Å². The number of H-pyrrole nitrogens is 1. The second kappa shape index (κ2) is 7.87. The Bertz CT molecular complexity index is 1260. The monoisotopic (exact) mass is 444 g/mol. The zero-order chi connectivity index (χ0) is 20.5. The van der Waals surface area contributed by atoms with Crippen LogP contribution in [0.1, 0.15) is 22.8 Å². The summed E-state index contributed by atoms with van der Waals surface area (Å²) in [4.78, 5) is 20.1. The Morgan fingerprint density at radius 2 is 2.03 bits per heavy atom. The van der Waals surface area contributed by atoms with Crippen molar-refractivity contribution in [3.05, 3.63) is 69.3 Å². The number of aromatic nitrogens is 2. The molecule has 9 heteroatoms. The van der Waals surface area contributed by atoms with Crippen LogP contribution in [0.25, 0.3) is 21.5 Å². The number of halogens is 2. The van der Waals surface area contributed by atoms with Crippen LogP contribution in [-0.4, -0.2) is 26.7 Å². The van der Waals surface area contributed by atoms with Crippen LogP contribution in [0.2, 0.25) is 10.0 Å². The summed E-state index contributed by atoms with van der Waals surface area (Å²) in [5.41, 5.74) is 6.26. The van der Waals surface area contributed by atoms with Gasteiger partial charge in [0, 0.05) is 10.9 Å². The number of hydrogen-bond donors (Lipinski definition) is 3. The Labute approximate surface area is 179 Å². The highest BCUT2D eigenvalue weighted by molar-refractivity contribution is 7.14. The summed E-state index contributed by atoms with van der Waals surface area (Å²) in [7, 11) is 0. The number of fused-ring (bicyclic) bond motifs is 1. The molecule has 0 fully saturated rings. The Hall–Kier alpha value is -2.87. The van der Waals surface area contributed by atoms with E-state index < -0.39 is 0 Å². The molecule has 0 radical (unpaired) electrons. The molecule has 0 saturated heterocycles. The fourth-order valence-electron chi connectivity index (χ4n) is 2.79. The maximum atomic E-state index is 12.4. The third-order valence-electron chi connectivity index (χ3n) is 4.34. The van der Waals surface area contributed by atoms with Crippen molar-refractivity contribution in [3.8, 4) is 16.2 Å². The number of aromatic amines is 1. The summed E-state index contributed by atoms with van der Waals surface area (Å²) in [6.45, 7) is 1.71. The minimum absolute atomic E-state index is 0.0720. The lowest BCUT2D eigenvalue weighted by molar-refractivity contribution is 0.0955. The molecule has 0 saturated carbocycles. The predicted molar refractivity (Wildman–Crippen MR) is 117 cm³/mol. The number of hydrazone groups is 1. The van der Waals surface area contributed by atoms with Gasteiger partial charge in [0.2, 0.25) is 0 Å². The number of nitrogens with zero attached hydrogens (tertiary/aromatic N) is 2. The van der Waals surface area contributed by atoms with Crippen LogP contribution < -0.4 is 5.43 Å². The molecule has 2 aromatic carbocycles. The molecule has 0 spiro atoms. The highest BCUT2D eigenvalue weighted by Gasteiger charge is 2.16. The zero-order valence-electron chi connectivity index (χ0n) is 15.0. The van der Waals surface area contributed by atoms with Crippen LogP contribution in [-0.2, 0) is 0 Å². The van der Waals surface area contributed by atoms with Crippen molar-refractivity contribution in [3.63, 3.8) is 0 Å². The first-order valence-corrected chi connectivity index (χ1v) is 10.1. The number of imidazole rings is 1. The second-order valence-electron chi connectivity index (χ2n) is 6.23. The lowest BCUT2D eigenvalue weighted by atomic mass is 10.1. The van der Waals surface area contributed by atoms with Gasteiger partial charge in [-0.25, -0.2) is 10.4 Å².